The van der Waals surface area contributed by atoms with Crippen molar-refractivity contribution in [3.05, 3.63) is 34.9 Å². The average Bonchev–Trinajstić information content (AvgIpc) is 3.14. The summed E-state index contributed by atoms with van der Waals surface area (Å²) in [6, 6.07) is 6.52. The number of epoxide rings is 1. The smallest absolute Gasteiger partial charge is 0.0977 e. The average molecular weight is 274 g/mol. The van der Waals surface area contributed by atoms with Gasteiger partial charge in [0.25, 0.3) is 0 Å². The van der Waals surface area contributed by atoms with Crippen molar-refractivity contribution in [1.82, 2.24) is 0 Å². The first-order chi connectivity index (χ1) is 9.49. The van der Waals surface area contributed by atoms with Crippen LogP contribution in [0.5, 0.6) is 0 Å². The topological polar surface area (TPSA) is 32.8 Å². The van der Waals surface area contributed by atoms with Crippen LogP contribution in [0.15, 0.2) is 18.2 Å². The van der Waals surface area contributed by atoms with E-state index in [-0.39, 0.29) is 12.2 Å². The molecule has 110 valence electrons. The minimum absolute atomic E-state index is 0.127. The lowest BCUT2D eigenvalue weighted by Crippen LogP contribution is -2.33. The van der Waals surface area contributed by atoms with Gasteiger partial charge in [-0.15, -0.1) is 0 Å². The molecular formula is C18H26O2. The van der Waals surface area contributed by atoms with Gasteiger partial charge < -0.3 is 9.84 Å². The van der Waals surface area contributed by atoms with Crippen molar-refractivity contribution in [2.24, 2.45) is 11.8 Å². The molecule has 4 atom stereocenters. The van der Waals surface area contributed by atoms with Gasteiger partial charge in [0.15, 0.2) is 0 Å². The Balaban J connectivity index is 1.91. The first kappa shape index (κ1) is 14.1. The maximum Gasteiger partial charge on any atom is 0.0977 e. The second-order valence-corrected chi connectivity index (χ2v) is 7.03. The summed E-state index contributed by atoms with van der Waals surface area (Å²) in [4.78, 5) is 0. The highest BCUT2D eigenvalue weighted by atomic mass is 16.6. The van der Waals surface area contributed by atoms with Crippen LogP contribution >= 0.6 is 0 Å². The van der Waals surface area contributed by atoms with E-state index in [1.165, 1.54) is 24.0 Å². The van der Waals surface area contributed by atoms with E-state index in [1.807, 2.05) is 0 Å². The summed E-state index contributed by atoms with van der Waals surface area (Å²) in [5.74, 6) is 1.78. The molecule has 0 bridgehead atoms. The number of hydrogen-bond donors (Lipinski definition) is 1. The standard InChI is InChI=1S/C18H26O2/c1-11(2)18-8-7-12(3)16(17(18)20-18)14-5-6-15(10-19)13(4)9-14/h5-6,9,11-12,16-17,19H,7-8,10H2,1-4H3. The third-order valence-electron chi connectivity index (χ3n) is 5.60. The van der Waals surface area contributed by atoms with E-state index in [2.05, 4.69) is 45.9 Å². The molecule has 1 N–H and O–H groups in total. The molecular weight excluding hydrogens is 248 g/mol. The van der Waals surface area contributed by atoms with Gasteiger partial charge in [-0.05, 0) is 48.3 Å². The van der Waals surface area contributed by atoms with Gasteiger partial charge in [-0.3, -0.25) is 0 Å². The second kappa shape index (κ2) is 4.85. The number of rotatable bonds is 3. The van der Waals surface area contributed by atoms with Gasteiger partial charge in [0.2, 0.25) is 0 Å². The molecule has 2 aliphatic rings. The Hall–Kier alpha value is -0.860. The summed E-state index contributed by atoms with van der Waals surface area (Å²) >= 11 is 0. The molecule has 0 radical (unpaired) electrons. The number of benzene rings is 1. The zero-order chi connectivity index (χ0) is 14.5. The zero-order valence-corrected chi connectivity index (χ0v) is 13.0. The highest BCUT2D eigenvalue weighted by Crippen LogP contribution is 2.59. The van der Waals surface area contributed by atoms with Crippen LogP contribution in [0, 0.1) is 18.8 Å². The highest BCUT2D eigenvalue weighted by molar-refractivity contribution is 5.36. The van der Waals surface area contributed by atoms with E-state index in [1.54, 1.807) is 0 Å². The van der Waals surface area contributed by atoms with Gasteiger partial charge in [-0.1, -0.05) is 39.0 Å². The van der Waals surface area contributed by atoms with Crippen molar-refractivity contribution in [3.63, 3.8) is 0 Å². The van der Waals surface area contributed by atoms with E-state index < -0.39 is 0 Å². The quantitative estimate of drug-likeness (QED) is 0.851. The van der Waals surface area contributed by atoms with Crippen LogP contribution in [-0.4, -0.2) is 16.8 Å². The molecule has 1 aliphatic heterocycles. The largest absolute Gasteiger partial charge is 0.392 e. The summed E-state index contributed by atoms with van der Waals surface area (Å²) in [6.07, 6.45) is 2.85. The lowest BCUT2D eigenvalue weighted by atomic mass is 9.69. The van der Waals surface area contributed by atoms with Crippen LogP contribution in [0.2, 0.25) is 0 Å². The summed E-state index contributed by atoms with van der Waals surface area (Å²) in [5, 5.41) is 9.32. The molecule has 0 amide bonds. The van der Waals surface area contributed by atoms with Crippen molar-refractivity contribution >= 4 is 0 Å². The molecule has 0 aromatic heterocycles. The molecule has 2 fully saturated rings. The molecule has 1 aromatic rings. The minimum atomic E-state index is 0.127. The monoisotopic (exact) mass is 274 g/mol. The van der Waals surface area contributed by atoms with Gasteiger partial charge in [0.1, 0.15) is 0 Å². The Morgan fingerprint density at radius 1 is 1.40 bits per heavy atom. The van der Waals surface area contributed by atoms with Crippen molar-refractivity contribution in [2.75, 3.05) is 0 Å². The van der Waals surface area contributed by atoms with Crippen molar-refractivity contribution in [1.29, 1.82) is 0 Å². The number of ether oxygens (including phenoxy) is 1. The maximum absolute atomic E-state index is 9.32. The molecule has 1 heterocycles. The predicted octanol–water partition coefficient (Wildman–Crippen LogP) is 3.79. The Bertz CT molecular complexity index is 508. The van der Waals surface area contributed by atoms with Crippen molar-refractivity contribution in [3.8, 4) is 0 Å². The van der Waals surface area contributed by atoms with Gasteiger partial charge in [0, 0.05) is 5.92 Å². The minimum Gasteiger partial charge on any atom is -0.392 e. The highest BCUT2D eigenvalue weighted by Gasteiger charge is 2.64. The number of hydrogen-bond acceptors (Lipinski definition) is 2. The zero-order valence-electron chi connectivity index (χ0n) is 13.0. The molecule has 3 rings (SSSR count). The predicted molar refractivity (Wildman–Crippen MR) is 80.7 cm³/mol. The van der Waals surface area contributed by atoms with Gasteiger partial charge in [-0.25, -0.2) is 0 Å². The normalized spacial score (nSPS) is 36.0. The van der Waals surface area contributed by atoms with E-state index in [0.29, 0.717) is 23.9 Å². The lowest BCUT2D eigenvalue weighted by Gasteiger charge is -2.32. The first-order valence-electron chi connectivity index (χ1n) is 7.87. The molecule has 1 saturated carbocycles. The Morgan fingerprint density at radius 2 is 2.15 bits per heavy atom. The third kappa shape index (κ3) is 2.01. The van der Waals surface area contributed by atoms with E-state index in [4.69, 9.17) is 4.74 Å². The number of aryl methyl sites for hydroxylation is 1. The Labute approximate surface area is 122 Å². The fraction of sp³-hybridized carbons (Fsp3) is 0.667. The summed E-state index contributed by atoms with van der Waals surface area (Å²) in [7, 11) is 0. The Kier molecular flexibility index (Phi) is 3.42. The summed E-state index contributed by atoms with van der Waals surface area (Å²) < 4.78 is 6.21. The van der Waals surface area contributed by atoms with E-state index >= 15 is 0 Å². The maximum atomic E-state index is 9.32. The SMILES string of the molecule is Cc1cc(C2C(C)CCC3(C(C)C)OC23)ccc1CO. The van der Waals surface area contributed by atoms with Crippen molar-refractivity contribution in [2.45, 2.75) is 64.8 Å². The van der Waals surface area contributed by atoms with Crippen molar-refractivity contribution < 1.29 is 9.84 Å². The number of aliphatic hydroxyl groups excluding tert-OH is 1. The first-order valence-corrected chi connectivity index (χ1v) is 7.87. The van der Waals surface area contributed by atoms with Crippen LogP contribution in [0.1, 0.15) is 56.2 Å². The van der Waals surface area contributed by atoms with Crippen LogP contribution in [0.25, 0.3) is 0 Å². The lowest BCUT2D eigenvalue weighted by molar-refractivity contribution is 0.218. The van der Waals surface area contributed by atoms with Crippen LogP contribution in [0.3, 0.4) is 0 Å². The summed E-state index contributed by atoms with van der Waals surface area (Å²) in [5.41, 5.74) is 3.75. The molecule has 4 unspecified atom stereocenters. The molecule has 1 aromatic carbocycles. The Morgan fingerprint density at radius 3 is 2.75 bits per heavy atom. The fourth-order valence-electron chi connectivity index (χ4n) is 4.07. The van der Waals surface area contributed by atoms with E-state index in [9.17, 15) is 5.11 Å². The van der Waals surface area contributed by atoms with Gasteiger partial charge >= 0.3 is 0 Å². The van der Waals surface area contributed by atoms with Gasteiger partial charge in [0.05, 0.1) is 18.3 Å². The molecule has 2 nitrogen and oxygen atoms in total. The molecule has 1 aliphatic carbocycles. The summed E-state index contributed by atoms with van der Waals surface area (Å²) in [6.45, 7) is 9.14. The molecule has 2 heteroatoms. The number of aliphatic hydroxyl groups is 1. The molecule has 0 spiro atoms. The molecule has 20 heavy (non-hydrogen) atoms. The fourth-order valence-corrected chi connectivity index (χ4v) is 4.07. The van der Waals surface area contributed by atoms with Crippen LogP contribution in [-0.2, 0) is 11.3 Å². The van der Waals surface area contributed by atoms with Crippen LogP contribution < -0.4 is 0 Å². The third-order valence-corrected chi connectivity index (χ3v) is 5.60. The number of fused-ring (bicyclic) bond motifs is 1. The molecule has 1 saturated heterocycles. The van der Waals surface area contributed by atoms with E-state index in [0.717, 1.165) is 5.56 Å². The van der Waals surface area contributed by atoms with Crippen LogP contribution in [0.4, 0.5) is 0 Å². The van der Waals surface area contributed by atoms with Gasteiger partial charge in [-0.2, -0.15) is 0 Å². The second-order valence-electron chi connectivity index (χ2n) is 7.03.